The minimum absolute atomic E-state index is 0.224. The molecule has 2 heterocycles. The van der Waals surface area contributed by atoms with E-state index in [2.05, 4.69) is 15.5 Å². The number of anilines is 1. The van der Waals surface area contributed by atoms with E-state index in [0.29, 0.717) is 16.9 Å². The Labute approximate surface area is 148 Å². The fourth-order valence-electron chi connectivity index (χ4n) is 2.58. The second-order valence-corrected chi connectivity index (χ2v) is 7.20. The number of rotatable bonds is 3. The van der Waals surface area contributed by atoms with E-state index >= 15 is 0 Å². The highest BCUT2D eigenvalue weighted by atomic mass is 16.7. The van der Waals surface area contributed by atoms with Crippen LogP contribution in [0, 0.1) is 6.92 Å². The van der Waals surface area contributed by atoms with Gasteiger partial charge in [0.2, 0.25) is 0 Å². The van der Waals surface area contributed by atoms with Gasteiger partial charge >= 0.3 is 7.12 Å². The first kappa shape index (κ1) is 17.6. The second kappa shape index (κ2) is 6.24. The van der Waals surface area contributed by atoms with Crippen LogP contribution in [0.4, 0.5) is 5.69 Å². The van der Waals surface area contributed by atoms with E-state index in [4.69, 9.17) is 9.31 Å². The largest absolute Gasteiger partial charge is 0.494 e. The first-order valence-electron chi connectivity index (χ1n) is 8.25. The van der Waals surface area contributed by atoms with Crippen molar-refractivity contribution in [2.75, 3.05) is 5.32 Å². The van der Waals surface area contributed by atoms with Crippen LogP contribution in [0.25, 0.3) is 0 Å². The number of hydrogen-bond donors (Lipinski definition) is 1. The maximum Gasteiger partial charge on any atom is 0.494 e. The zero-order valence-corrected chi connectivity index (χ0v) is 15.2. The molecule has 1 aromatic heterocycles. The summed E-state index contributed by atoms with van der Waals surface area (Å²) in [5, 5.41) is 10.6. The Bertz CT molecular complexity index is 792. The van der Waals surface area contributed by atoms with Crippen LogP contribution in [0.2, 0.25) is 0 Å². The number of aromatic nitrogens is 2. The van der Waals surface area contributed by atoms with Gasteiger partial charge in [-0.1, -0.05) is 12.1 Å². The van der Waals surface area contributed by atoms with Crippen LogP contribution >= 0.6 is 0 Å². The molecule has 25 heavy (non-hydrogen) atoms. The fraction of sp³-hybridized carbons (Fsp3) is 0.389. The molecule has 1 N–H and O–H groups in total. The highest BCUT2D eigenvalue weighted by Crippen LogP contribution is 2.36. The van der Waals surface area contributed by atoms with Crippen LogP contribution in [-0.2, 0) is 9.31 Å². The number of benzene rings is 1. The van der Waals surface area contributed by atoms with Gasteiger partial charge in [-0.05, 0) is 58.3 Å². The fourth-order valence-corrected chi connectivity index (χ4v) is 2.58. The Balaban J connectivity index is 1.79. The van der Waals surface area contributed by atoms with Crippen LogP contribution < -0.4 is 10.8 Å². The summed E-state index contributed by atoms with van der Waals surface area (Å²) in [5.41, 5.74) is 1.81. The van der Waals surface area contributed by atoms with Gasteiger partial charge < -0.3 is 14.6 Å². The van der Waals surface area contributed by atoms with Crippen molar-refractivity contribution in [2.45, 2.75) is 45.8 Å². The average molecular weight is 339 g/mol. The van der Waals surface area contributed by atoms with E-state index in [1.807, 2.05) is 52.0 Å². The minimum atomic E-state index is -0.466. The molecule has 0 spiro atoms. The first-order chi connectivity index (χ1) is 11.7. The Hall–Kier alpha value is -2.25. The standard InChI is InChI=1S/C18H22BN3O3/c1-12-15(9-10-20-22-12)16(23)21-14-8-6-7-13(11-14)19-24-17(2,3)18(4,5)25-19/h6-11H,1-5H3,(H,21,23). The minimum Gasteiger partial charge on any atom is -0.399 e. The van der Waals surface area contributed by atoms with Crippen molar-refractivity contribution >= 4 is 24.2 Å². The van der Waals surface area contributed by atoms with Crippen LogP contribution in [0.1, 0.15) is 43.7 Å². The molecule has 3 rings (SSSR count). The molecule has 0 aliphatic carbocycles. The van der Waals surface area contributed by atoms with Crippen LogP contribution in [0.3, 0.4) is 0 Å². The van der Waals surface area contributed by atoms with E-state index in [-0.39, 0.29) is 5.91 Å². The SMILES string of the molecule is Cc1nnccc1C(=O)Nc1cccc(B2OC(C)(C)C(C)(C)O2)c1. The molecule has 0 atom stereocenters. The number of carbonyl (C=O) groups excluding carboxylic acids is 1. The normalized spacial score (nSPS) is 18.2. The van der Waals surface area contributed by atoms with Gasteiger partial charge in [-0.3, -0.25) is 4.79 Å². The monoisotopic (exact) mass is 339 g/mol. The molecule has 130 valence electrons. The zero-order valence-electron chi connectivity index (χ0n) is 15.2. The number of carbonyl (C=O) groups is 1. The maximum absolute atomic E-state index is 12.4. The van der Waals surface area contributed by atoms with E-state index in [1.165, 1.54) is 6.20 Å². The molecular weight excluding hydrogens is 317 g/mol. The Morgan fingerprint density at radius 3 is 2.44 bits per heavy atom. The van der Waals surface area contributed by atoms with Gasteiger partial charge in [-0.2, -0.15) is 10.2 Å². The molecule has 0 bridgehead atoms. The summed E-state index contributed by atoms with van der Waals surface area (Å²) in [6.45, 7) is 9.80. The van der Waals surface area contributed by atoms with E-state index < -0.39 is 18.3 Å². The quantitative estimate of drug-likeness (QED) is 0.869. The number of nitrogens with one attached hydrogen (secondary N) is 1. The predicted molar refractivity (Wildman–Crippen MR) is 96.9 cm³/mol. The molecule has 7 heteroatoms. The van der Waals surface area contributed by atoms with Gasteiger partial charge in [0.25, 0.3) is 5.91 Å². The molecular formula is C18H22BN3O3. The lowest BCUT2D eigenvalue weighted by molar-refractivity contribution is 0.00578. The number of amides is 1. The lowest BCUT2D eigenvalue weighted by Gasteiger charge is -2.32. The lowest BCUT2D eigenvalue weighted by atomic mass is 9.79. The number of hydrogen-bond acceptors (Lipinski definition) is 5. The van der Waals surface area contributed by atoms with Gasteiger partial charge in [0.1, 0.15) is 0 Å². The van der Waals surface area contributed by atoms with Gasteiger partial charge in [-0.15, -0.1) is 0 Å². The van der Waals surface area contributed by atoms with Gasteiger partial charge in [0.05, 0.1) is 28.7 Å². The molecule has 0 radical (unpaired) electrons. The molecule has 1 amide bonds. The molecule has 1 fully saturated rings. The molecule has 2 aromatic rings. The summed E-state index contributed by atoms with van der Waals surface area (Å²) in [6, 6.07) is 9.14. The highest BCUT2D eigenvalue weighted by Gasteiger charge is 2.51. The van der Waals surface area contributed by atoms with E-state index in [0.717, 1.165) is 5.46 Å². The van der Waals surface area contributed by atoms with Crippen molar-refractivity contribution in [3.8, 4) is 0 Å². The van der Waals surface area contributed by atoms with E-state index in [1.54, 1.807) is 13.0 Å². The van der Waals surface area contributed by atoms with Crippen molar-refractivity contribution in [1.29, 1.82) is 0 Å². The molecule has 1 saturated heterocycles. The average Bonchev–Trinajstić information content (AvgIpc) is 2.76. The smallest absolute Gasteiger partial charge is 0.399 e. The summed E-state index contributed by atoms with van der Waals surface area (Å²) in [5.74, 6) is -0.224. The molecule has 0 saturated carbocycles. The van der Waals surface area contributed by atoms with Crippen molar-refractivity contribution in [1.82, 2.24) is 10.2 Å². The summed E-state index contributed by atoms with van der Waals surface area (Å²) in [6.07, 6.45) is 1.50. The molecule has 1 aliphatic rings. The lowest BCUT2D eigenvalue weighted by Crippen LogP contribution is -2.41. The third kappa shape index (κ3) is 3.43. The van der Waals surface area contributed by atoms with Gasteiger partial charge in [0, 0.05) is 5.69 Å². The van der Waals surface area contributed by atoms with Crippen molar-refractivity contribution in [2.24, 2.45) is 0 Å². The van der Waals surface area contributed by atoms with Gasteiger partial charge in [0.15, 0.2) is 0 Å². The Morgan fingerprint density at radius 2 is 1.80 bits per heavy atom. The molecule has 6 nitrogen and oxygen atoms in total. The maximum atomic E-state index is 12.4. The third-order valence-corrected chi connectivity index (χ3v) is 4.82. The molecule has 1 aromatic carbocycles. The van der Waals surface area contributed by atoms with E-state index in [9.17, 15) is 4.79 Å². The van der Waals surface area contributed by atoms with Crippen LogP contribution in [0.5, 0.6) is 0 Å². The van der Waals surface area contributed by atoms with Gasteiger partial charge in [-0.25, -0.2) is 0 Å². The number of nitrogens with zero attached hydrogens (tertiary/aromatic N) is 2. The highest BCUT2D eigenvalue weighted by molar-refractivity contribution is 6.62. The molecule has 1 aliphatic heterocycles. The Kier molecular flexibility index (Phi) is 4.39. The van der Waals surface area contributed by atoms with Crippen molar-refractivity contribution < 1.29 is 14.1 Å². The Morgan fingerprint density at radius 1 is 1.12 bits per heavy atom. The van der Waals surface area contributed by atoms with Crippen LogP contribution in [-0.4, -0.2) is 34.4 Å². The summed E-state index contributed by atoms with van der Waals surface area (Å²) < 4.78 is 12.1. The summed E-state index contributed by atoms with van der Waals surface area (Å²) in [7, 11) is -0.466. The van der Waals surface area contributed by atoms with Crippen LogP contribution in [0.15, 0.2) is 36.5 Å². The van der Waals surface area contributed by atoms with Crippen molar-refractivity contribution in [3.05, 3.63) is 47.8 Å². The second-order valence-electron chi connectivity index (χ2n) is 7.20. The van der Waals surface area contributed by atoms with Crippen molar-refractivity contribution in [3.63, 3.8) is 0 Å². The summed E-state index contributed by atoms with van der Waals surface area (Å²) >= 11 is 0. The third-order valence-electron chi connectivity index (χ3n) is 4.82. The first-order valence-corrected chi connectivity index (χ1v) is 8.25. The topological polar surface area (TPSA) is 73.3 Å². The zero-order chi connectivity index (χ0) is 18.2. The summed E-state index contributed by atoms with van der Waals surface area (Å²) in [4.78, 5) is 12.4. The molecule has 0 unspecified atom stereocenters. The predicted octanol–water partition coefficient (Wildman–Crippen LogP) is 2.34. The number of aryl methyl sites for hydroxylation is 1.